The predicted octanol–water partition coefficient (Wildman–Crippen LogP) is 12.7. The molecule has 0 aliphatic rings. The monoisotopic (exact) mass is 1110 g/mol. The molecule has 0 spiro atoms. The van der Waals surface area contributed by atoms with Crippen LogP contribution in [0, 0.1) is 0 Å². The molecule has 0 bridgehead atoms. The Labute approximate surface area is 473 Å². The van der Waals surface area contributed by atoms with Crippen LogP contribution in [0.5, 0.6) is 0 Å². The number of rotatable bonds is 12. The Balaban J connectivity index is 0.000000135. The van der Waals surface area contributed by atoms with Gasteiger partial charge in [-0.25, -0.2) is 0 Å². The van der Waals surface area contributed by atoms with Crippen LogP contribution in [0.1, 0.15) is 0 Å². The van der Waals surface area contributed by atoms with Crippen molar-refractivity contribution in [3.05, 3.63) is 364 Å². The van der Waals surface area contributed by atoms with E-state index in [2.05, 4.69) is 364 Å². The zero-order chi connectivity index (χ0) is 51.7. The van der Waals surface area contributed by atoms with Gasteiger partial charge >= 0.3 is 0 Å². The first-order valence-electron chi connectivity index (χ1n) is 25.9. The molecule has 77 heavy (non-hydrogen) atoms. The third-order valence-corrected chi connectivity index (χ3v) is 23.7. The maximum Gasteiger partial charge on any atom is 0.102 e. The van der Waals surface area contributed by atoms with Crippen LogP contribution in [-0.4, -0.2) is 0 Å². The Kier molecular flexibility index (Phi) is 22.7. The Hall–Kier alpha value is -7.12. The zero-order valence-corrected chi connectivity index (χ0v) is 48.1. The quantitative estimate of drug-likeness (QED) is 0.0845. The van der Waals surface area contributed by atoms with Crippen LogP contribution in [0.2, 0.25) is 0 Å². The molecule has 5 heteroatoms. The molecule has 0 unspecified atom stereocenters. The number of hydrogen-bond donors (Lipinski definition) is 0. The minimum atomic E-state index is -0.877. The van der Waals surface area contributed by atoms with Gasteiger partial charge in [-0.15, -0.1) is 0 Å². The first-order chi connectivity index (χ1) is 37.8. The van der Waals surface area contributed by atoms with Crippen LogP contribution >= 0.6 is 31.7 Å². The van der Waals surface area contributed by atoms with Gasteiger partial charge in [0.05, 0.1) is 31.7 Å². The normalized spacial score (nSPS) is 10.4. The molecular weight excluding hydrogens is 1040 g/mol. The van der Waals surface area contributed by atoms with Crippen molar-refractivity contribution in [1.29, 1.82) is 0 Å². The second-order valence-electron chi connectivity index (χ2n) is 17.9. The minimum Gasteiger partial charge on any atom is -0.0620 e. The molecule has 0 aromatic heterocycles. The second-order valence-corrected chi connectivity index (χ2v) is 27.8. The summed E-state index contributed by atoms with van der Waals surface area (Å²) in [6.07, 6.45) is 0. The van der Waals surface area contributed by atoms with Gasteiger partial charge in [-0.3, -0.25) is 0 Å². The van der Waals surface area contributed by atoms with E-state index >= 15 is 0 Å². The summed E-state index contributed by atoms with van der Waals surface area (Å²) in [6, 6.07) is 130. The molecule has 0 aliphatic carbocycles. The van der Waals surface area contributed by atoms with E-state index < -0.39 is 31.7 Å². The van der Waals surface area contributed by atoms with E-state index in [9.17, 15) is 0 Å². The van der Waals surface area contributed by atoms with Gasteiger partial charge < -0.3 is 0 Å². The third-order valence-electron chi connectivity index (χ3n) is 12.7. The van der Waals surface area contributed by atoms with Gasteiger partial charge in [0.1, 0.15) is 63.7 Å². The molecule has 0 N–H and O–H groups in total. The van der Waals surface area contributed by atoms with Crippen molar-refractivity contribution < 1.29 is 17.1 Å². The zero-order valence-electron chi connectivity index (χ0n) is 43.0. The van der Waals surface area contributed by atoms with E-state index in [0.29, 0.717) is 0 Å². The molecule has 0 saturated carbocycles. The summed E-state index contributed by atoms with van der Waals surface area (Å²) in [5, 5.41) is 17.2. The smallest absolute Gasteiger partial charge is 0.0620 e. The number of benzene rings is 12. The molecule has 0 amide bonds. The van der Waals surface area contributed by atoms with Crippen LogP contribution in [0.25, 0.3) is 0 Å². The molecule has 0 nitrogen and oxygen atoms in total. The standard InChI is InChI=1S/4C18H15P.Fe/c4*1-4-10-16(11-5-1)19(17-12-6-2-7-13-17)18-14-8-3-9-15-18;/h4*1-15H;/p+4. The molecule has 376 valence electrons. The summed E-state index contributed by atoms with van der Waals surface area (Å²) in [4.78, 5) is 0. The van der Waals surface area contributed by atoms with E-state index in [1.54, 1.807) is 0 Å². The van der Waals surface area contributed by atoms with Gasteiger partial charge in [-0.1, -0.05) is 218 Å². The Morgan fingerprint density at radius 3 is 0.234 bits per heavy atom. The van der Waals surface area contributed by atoms with Crippen LogP contribution in [0.4, 0.5) is 0 Å². The first-order valence-corrected chi connectivity index (χ1v) is 31.9. The fourth-order valence-corrected chi connectivity index (χ4v) is 19.6. The summed E-state index contributed by atoms with van der Waals surface area (Å²) in [5.41, 5.74) is 0. The Bertz CT molecular complexity index is 2580. The third kappa shape index (κ3) is 16.4. The van der Waals surface area contributed by atoms with E-state index in [-0.39, 0.29) is 17.1 Å². The molecule has 0 radical (unpaired) electrons. The van der Waals surface area contributed by atoms with Gasteiger partial charge in [0, 0.05) is 17.1 Å². The van der Waals surface area contributed by atoms with Crippen molar-refractivity contribution in [2.24, 2.45) is 0 Å². The fourth-order valence-electron chi connectivity index (χ4n) is 9.26. The molecule has 12 aromatic carbocycles. The minimum absolute atomic E-state index is 0. The van der Waals surface area contributed by atoms with Crippen LogP contribution < -0.4 is 63.7 Å². The molecule has 12 rings (SSSR count). The summed E-state index contributed by atoms with van der Waals surface area (Å²) in [7, 11) is -3.51. The van der Waals surface area contributed by atoms with E-state index in [4.69, 9.17) is 0 Å². The summed E-state index contributed by atoms with van der Waals surface area (Å²) < 4.78 is 0. The maximum absolute atomic E-state index is 2.24. The van der Waals surface area contributed by atoms with Crippen molar-refractivity contribution in [3.8, 4) is 0 Å². The van der Waals surface area contributed by atoms with Crippen LogP contribution in [0.3, 0.4) is 0 Å². The van der Waals surface area contributed by atoms with E-state index in [0.717, 1.165) is 0 Å². The predicted molar refractivity (Wildman–Crippen MR) is 346 cm³/mol. The average molecular weight is 1110 g/mol. The van der Waals surface area contributed by atoms with Gasteiger partial charge in [-0.05, 0) is 146 Å². The second kappa shape index (κ2) is 31.2. The molecule has 0 aliphatic heterocycles. The topological polar surface area (TPSA) is 0 Å². The van der Waals surface area contributed by atoms with Crippen LogP contribution in [0.15, 0.2) is 364 Å². The summed E-state index contributed by atoms with van der Waals surface area (Å²) >= 11 is 0. The van der Waals surface area contributed by atoms with Gasteiger partial charge in [-0.2, -0.15) is 0 Å². The fraction of sp³-hybridized carbons (Fsp3) is 0. The van der Waals surface area contributed by atoms with Crippen molar-refractivity contribution in [2.45, 2.75) is 0 Å². The van der Waals surface area contributed by atoms with Crippen molar-refractivity contribution in [2.75, 3.05) is 0 Å². The molecule has 0 fully saturated rings. The van der Waals surface area contributed by atoms with Gasteiger partial charge in [0.2, 0.25) is 0 Å². The summed E-state index contributed by atoms with van der Waals surface area (Å²) in [6.45, 7) is 0. The molecule has 0 saturated heterocycles. The SMILES string of the molecule is [Fe].c1ccc([PH+](c2ccccc2)c2ccccc2)cc1.c1ccc([PH+](c2ccccc2)c2ccccc2)cc1.c1ccc([PH+](c2ccccc2)c2ccccc2)cc1.c1ccc([PH+](c2ccccc2)c2ccccc2)cc1. The van der Waals surface area contributed by atoms with E-state index in [1.165, 1.54) is 63.7 Å². The molecular formula is C72H64FeP4+4. The van der Waals surface area contributed by atoms with Gasteiger partial charge in [0.15, 0.2) is 0 Å². The molecule has 0 atom stereocenters. The number of hydrogen-bond acceptors (Lipinski definition) is 0. The van der Waals surface area contributed by atoms with Crippen LogP contribution in [-0.2, 0) is 17.1 Å². The average Bonchev–Trinajstić information content (AvgIpc) is 3.51. The molecule has 12 aromatic rings. The molecule has 0 heterocycles. The van der Waals surface area contributed by atoms with Crippen molar-refractivity contribution in [3.63, 3.8) is 0 Å². The van der Waals surface area contributed by atoms with Crippen molar-refractivity contribution >= 4 is 95.3 Å². The first kappa shape index (κ1) is 56.1. The van der Waals surface area contributed by atoms with Gasteiger partial charge in [0.25, 0.3) is 0 Å². The Morgan fingerprint density at radius 2 is 0.169 bits per heavy atom. The van der Waals surface area contributed by atoms with Crippen molar-refractivity contribution in [1.82, 2.24) is 0 Å². The largest absolute Gasteiger partial charge is 0.102 e. The van der Waals surface area contributed by atoms with E-state index in [1.807, 2.05) is 0 Å². The Morgan fingerprint density at radius 1 is 0.104 bits per heavy atom. The summed E-state index contributed by atoms with van der Waals surface area (Å²) in [5.74, 6) is 0. The maximum atomic E-state index is 2.24.